The molecule has 1 fully saturated rings. The lowest BCUT2D eigenvalue weighted by molar-refractivity contribution is 0.634. The highest BCUT2D eigenvalue weighted by atomic mass is 79.9. The zero-order chi connectivity index (χ0) is 12.4. The maximum atomic E-state index is 4.65. The average Bonchev–Trinajstić information content (AvgIpc) is 3.10. The Bertz CT molecular complexity index is 386. The Balaban J connectivity index is 2.21. The van der Waals surface area contributed by atoms with Crippen LogP contribution in [0.4, 0.5) is 5.82 Å². The fourth-order valence-electron chi connectivity index (χ4n) is 2.12. The third kappa shape index (κ3) is 3.21. The summed E-state index contributed by atoms with van der Waals surface area (Å²) in [5.74, 6) is 2.06. The smallest absolute Gasteiger partial charge is 0.131 e. The van der Waals surface area contributed by atoms with Gasteiger partial charge in [-0.25, -0.2) is 4.98 Å². The zero-order valence-corrected chi connectivity index (χ0v) is 12.5. The molecule has 0 amide bonds. The molecule has 0 bridgehead atoms. The van der Waals surface area contributed by atoms with E-state index in [4.69, 9.17) is 0 Å². The van der Waals surface area contributed by atoms with Gasteiger partial charge in [0.1, 0.15) is 5.82 Å². The van der Waals surface area contributed by atoms with Crippen LogP contribution in [0.3, 0.4) is 0 Å². The van der Waals surface area contributed by atoms with E-state index in [2.05, 4.69) is 52.7 Å². The van der Waals surface area contributed by atoms with Gasteiger partial charge in [0.05, 0.1) is 0 Å². The van der Waals surface area contributed by atoms with Crippen molar-refractivity contribution >= 4 is 21.7 Å². The summed E-state index contributed by atoms with van der Waals surface area (Å²) in [5, 5.41) is 0.880. The number of aryl methyl sites for hydroxylation is 1. The molecule has 1 aliphatic rings. The predicted molar refractivity (Wildman–Crippen MR) is 76.8 cm³/mol. The monoisotopic (exact) mass is 296 g/mol. The number of alkyl halides is 1. The van der Waals surface area contributed by atoms with Crippen LogP contribution >= 0.6 is 15.9 Å². The van der Waals surface area contributed by atoms with Gasteiger partial charge in [0.15, 0.2) is 0 Å². The van der Waals surface area contributed by atoms with Gasteiger partial charge in [-0.2, -0.15) is 0 Å². The second-order valence-electron chi connectivity index (χ2n) is 5.31. The molecule has 2 nitrogen and oxygen atoms in total. The first kappa shape index (κ1) is 12.9. The van der Waals surface area contributed by atoms with Crippen molar-refractivity contribution in [2.75, 3.05) is 11.4 Å². The Labute approximate surface area is 113 Å². The molecular formula is C14H21BrN2. The molecular weight excluding hydrogens is 276 g/mol. The van der Waals surface area contributed by atoms with Gasteiger partial charge in [0, 0.05) is 24.1 Å². The largest absolute Gasteiger partial charge is 0.354 e. The summed E-state index contributed by atoms with van der Waals surface area (Å²) < 4.78 is 0. The van der Waals surface area contributed by atoms with Crippen molar-refractivity contribution in [1.82, 2.24) is 4.98 Å². The summed E-state index contributed by atoms with van der Waals surface area (Å²) in [4.78, 5) is 7.10. The average molecular weight is 297 g/mol. The van der Waals surface area contributed by atoms with Crippen molar-refractivity contribution in [2.24, 2.45) is 5.92 Å². The highest BCUT2D eigenvalue weighted by Gasteiger charge is 2.26. The Morgan fingerprint density at radius 3 is 2.65 bits per heavy atom. The van der Waals surface area contributed by atoms with Crippen LogP contribution in [-0.2, 0) is 5.33 Å². The van der Waals surface area contributed by atoms with Crippen molar-refractivity contribution in [3.63, 3.8) is 0 Å². The topological polar surface area (TPSA) is 16.1 Å². The summed E-state index contributed by atoms with van der Waals surface area (Å²) in [7, 11) is 0. The third-order valence-electron chi connectivity index (χ3n) is 3.31. The molecule has 1 aliphatic carbocycles. The van der Waals surface area contributed by atoms with Gasteiger partial charge in [0.2, 0.25) is 0 Å². The summed E-state index contributed by atoms with van der Waals surface area (Å²) in [5.41, 5.74) is 2.54. The molecule has 0 atom stereocenters. The molecule has 0 aromatic carbocycles. The number of hydrogen-bond acceptors (Lipinski definition) is 2. The first-order chi connectivity index (χ1) is 8.11. The summed E-state index contributed by atoms with van der Waals surface area (Å²) in [6, 6.07) is 2.76. The highest BCUT2D eigenvalue weighted by molar-refractivity contribution is 9.08. The van der Waals surface area contributed by atoms with Gasteiger partial charge < -0.3 is 4.90 Å². The highest BCUT2D eigenvalue weighted by Crippen LogP contribution is 2.32. The number of pyridine rings is 1. The Hall–Kier alpha value is -0.570. The predicted octanol–water partition coefficient (Wildman–Crippen LogP) is 3.91. The second-order valence-corrected chi connectivity index (χ2v) is 5.87. The molecule has 0 aliphatic heterocycles. The number of nitrogens with zero attached hydrogens (tertiary/aromatic N) is 2. The molecule has 0 saturated heterocycles. The van der Waals surface area contributed by atoms with Gasteiger partial charge in [0.25, 0.3) is 0 Å². The van der Waals surface area contributed by atoms with Crippen LogP contribution in [0.25, 0.3) is 0 Å². The fourth-order valence-corrected chi connectivity index (χ4v) is 2.43. The van der Waals surface area contributed by atoms with Crippen molar-refractivity contribution in [2.45, 2.75) is 45.0 Å². The molecule has 0 spiro atoms. The lowest BCUT2D eigenvalue weighted by atomic mass is 10.2. The molecule has 17 heavy (non-hydrogen) atoms. The fraction of sp³-hybridized carbons (Fsp3) is 0.643. The van der Waals surface area contributed by atoms with Crippen LogP contribution < -0.4 is 4.90 Å². The quantitative estimate of drug-likeness (QED) is 0.766. The number of aromatic nitrogens is 1. The molecule has 1 aromatic rings. The molecule has 1 heterocycles. The van der Waals surface area contributed by atoms with E-state index in [1.54, 1.807) is 0 Å². The molecule has 94 valence electrons. The molecule has 3 heteroatoms. The number of rotatable bonds is 5. The van der Waals surface area contributed by atoms with Gasteiger partial charge >= 0.3 is 0 Å². The Morgan fingerprint density at radius 1 is 1.47 bits per heavy atom. The normalized spacial score (nSPS) is 15.4. The minimum atomic E-state index is 0.525. The number of halogens is 1. The minimum absolute atomic E-state index is 0.525. The van der Waals surface area contributed by atoms with Crippen LogP contribution in [0, 0.1) is 12.8 Å². The lowest BCUT2D eigenvalue weighted by Crippen LogP contribution is -2.34. The molecule has 2 rings (SSSR count). The molecule has 0 unspecified atom stereocenters. The van der Waals surface area contributed by atoms with E-state index in [9.17, 15) is 0 Å². The maximum absolute atomic E-state index is 4.65. The molecule has 0 radical (unpaired) electrons. The van der Waals surface area contributed by atoms with Crippen molar-refractivity contribution in [3.8, 4) is 0 Å². The van der Waals surface area contributed by atoms with Crippen LogP contribution in [0.5, 0.6) is 0 Å². The molecule has 1 aromatic heterocycles. The molecule has 0 N–H and O–H groups in total. The maximum Gasteiger partial charge on any atom is 0.131 e. The van der Waals surface area contributed by atoms with Gasteiger partial charge in [-0.15, -0.1) is 0 Å². The van der Waals surface area contributed by atoms with Crippen LogP contribution in [0.2, 0.25) is 0 Å². The lowest BCUT2D eigenvalue weighted by Gasteiger charge is -2.29. The van der Waals surface area contributed by atoms with E-state index < -0.39 is 0 Å². The first-order valence-electron chi connectivity index (χ1n) is 6.40. The van der Waals surface area contributed by atoms with Gasteiger partial charge in [-0.3, -0.25) is 0 Å². The van der Waals surface area contributed by atoms with E-state index in [0.717, 1.165) is 17.1 Å². The summed E-state index contributed by atoms with van der Waals surface area (Å²) >= 11 is 3.48. The second kappa shape index (κ2) is 5.38. The van der Waals surface area contributed by atoms with Crippen molar-refractivity contribution in [1.29, 1.82) is 0 Å². The summed E-state index contributed by atoms with van der Waals surface area (Å²) in [6.45, 7) is 7.83. The van der Waals surface area contributed by atoms with Crippen LogP contribution in [0.1, 0.15) is 37.8 Å². The standard InChI is InChI=1S/C14H21BrN2/c1-10(2)17(9-12-4-5-12)14-11(3)6-13(7-15)8-16-14/h6,8,10,12H,4-5,7,9H2,1-3H3. The Morgan fingerprint density at radius 2 is 2.18 bits per heavy atom. The number of anilines is 1. The first-order valence-corrected chi connectivity index (χ1v) is 7.52. The minimum Gasteiger partial charge on any atom is -0.354 e. The van der Waals surface area contributed by atoms with Crippen LogP contribution in [0.15, 0.2) is 12.3 Å². The SMILES string of the molecule is Cc1cc(CBr)cnc1N(CC1CC1)C(C)C. The van der Waals surface area contributed by atoms with Crippen molar-refractivity contribution in [3.05, 3.63) is 23.4 Å². The third-order valence-corrected chi connectivity index (χ3v) is 3.96. The van der Waals surface area contributed by atoms with E-state index >= 15 is 0 Å². The van der Waals surface area contributed by atoms with E-state index in [-0.39, 0.29) is 0 Å². The van der Waals surface area contributed by atoms with Crippen LogP contribution in [-0.4, -0.2) is 17.6 Å². The van der Waals surface area contributed by atoms with E-state index in [1.807, 2.05) is 6.20 Å². The zero-order valence-electron chi connectivity index (χ0n) is 10.9. The number of hydrogen-bond donors (Lipinski definition) is 0. The Kier molecular flexibility index (Phi) is 4.08. The summed E-state index contributed by atoms with van der Waals surface area (Å²) in [6.07, 6.45) is 4.77. The van der Waals surface area contributed by atoms with E-state index in [0.29, 0.717) is 6.04 Å². The van der Waals surface area contributed by atoms with Crippen molar-refractivity contribution < 1.29 is 0 Å². The van der Waals surface area contributed by atoms with Gasteiger partial charge in [-0.05, 0) is 50.7 Å². The molecule has 1 saturated carbocycles. The van der Waals surface area contributed by atoms with E-state index in [1.165, 1.54) is 30.5 Å². The van der Waals surface area contributed by atoms with Gasteiger partial charge in [-0.1, -0.05) is 22.0 Å².